The molecule has 0 aliphatic carbocycles. The van der Waals surface area contributed by atoms with Crippen molar-refractivity contribution in [3.8, 4) is 0 Å². The summed E-state index contributed by atoms with van der Waals surface area (Å²) in [6.45, 7) is 7.64. The summed E-state index contributed by atoms with van der Waals surface area (Å²) >= 11 is 3.22. The number of alkyl halides is 1. The lowest BCUT2D eigenvalue weighted by Gasteiger charge is -2.14. The second-order valence-electron chi connectivity index (χ2n) is 2.48. The van der Waals surface area contributed by atoms with Gasteiger partial charge in [-0.15, -0.1) is 0 Å². The summed E-state index contributed by atoms with van der Waals surface area (Å²) in [6.07, 6.45) is -0.357. The molecule has 0 spiro atoms. The first-order valence-electron chi connectivity index (χ1n) is 3.01. The molecular formula is C7H13BrO. The Labute approximate surface area is 64.9 Å². The van der Waals surface area contributed by atoms with Crippen LogP contribution >= 0.6 is 15.9 Å². The maximum Gasteiger partial charge on any atom is 0.0778 e. The lowest BCUT2D eigenvalue weighted by Crippen LogP contribution is -2.17. The molecule has 0 aromatic carbocycles. The van der Waals surface area contributed by atoms with E-state index in [1.165, 1.54) is 0 Å². The molecule has 54 valence electrons. The summed E-state index contributed by atoms with van der Waals surface area (Å²) < 4.78 is 0. The molecule has 0 aromatic heterocycles. The fraction of sp³-hybridized carbons (Fsp3) is 0.714. The van der Waals surface area contributed by atoms with Gasteiger partial charge in [-0.2, -0.15) is 0 Å². The number of hydrogen-bond acceptors (Lipinski definition) is 1. The van der Waals surface area contributed by atoms with Crippen LogP contribution in [0.5, 0.6) is 0 Å². The van der Waals surface area contributed by atoms with E-state index in [0.717, 1.165) is 5.57 Å². The minimum atomic E-state index is -0.357. The molecular weight excluding hydrogens is 180 g/mol. The second-order valence-corrected chi connectivity index (χ2v) is 3.04. The number of rotatable bonds is 3. The minimum Gasteiger partial charge on any atom is -0.388 e. The van der Waals surface area contributed by atoms with Crippen LogP contribution in [0, 0.1) is 5.92 Å². The van der Waals surface area contributed by atoms with E-state index in [2.05, 4.69) is 22.5 Å². The predicted molar refractivity (Wildman–Crippen MR) is 43.8 cm³/mol. The molecule has 2 heteroatoms. The third-order valence-electron chi connectivity index (χ3n) is 1.22. The van der Waals surface area contributed by atoms with Gasteiger partial charge in [0.2, 0.25) is 0 Å². The second kappa shape index (κ2) is 4.07. The summed E-state index contributed by atoms with van der Waals surface area (Å²) in [5.74, 6) is 0.273. The van der Waals surface area contributed by atoms with Gasteiger partial charge in [-0.3, -0.25) is 0 Å². The van der Waals surface area contributed by atoms with E-state index in [1.54, 1.807) is 0 Å². The van der Waals surface area contributed by atoms with E-state index in [9.17, 15) is 5.11 Å². The van der Waals surface area contributed by atoms with Crippen LogP contribution in [0.25, 0.3) is 0 Å². The van der Waals surface area contributed by atoms with Gasteiger partial charge in [-0.1, -0.05) is 36.4 Å². The van der Waals surface area contributed by atoms with Crippen molar-refractivity contribution in [1.82, 2.24) is 0 Å². The van der Waals surface area contributed by atoms with E-state index in [0.29, 0.717) is 5.33 Å². The van der Waals surface area contributed by atoms with E-state index in [4.69, 9.17) is 0 Å². The molecule has 0 unspecified atom stereocenters. The highest BCUT2D eigenvalue weighted by Crippen LogP contribution is 2.11. The highest BCUT2D eigenvalue weighted by molar-refractivity contribution is 9.09. The van der Waals surface area contributed by atoms with E-state index < -0.39 is 0 Å². The SMILES string of the molecule is C=C(CBr)[C@@H](O)C(C)C. The zero-order valence-corrected chi connectivity index (χ0v) is 7.48. The first kappa shape index (κ1) is 9.18. The molecule has 1 nitrogen and oxygen atoms in total. The molecule has 0 fully saturated rings. The van der Waals surface area contributed by atoms with E-state index in [-0.39, 0.29) is 12.0 Å². The average Bonchev–Trinajstić information content (AvgIpc) is 1.84. The molecule has 0 heterocycles. The molecule has 0 bridgehead atoms. The maximum atomic E-state index is 9.27. The topological polar surface area (TPSA) is 20.2 Å². The minimum absolute atomic E-state index is 0.273. The Morgan fingerprint density at radius 1 is 1.67 bits per heavy atom. The number of halogens is 1. The van der Waals surface area contributed by atoms with Crippen LogP contribution in [0.1, 0.15) is 13.8 Å². The molecule has 0 aliphatic rings. The summed E-state index contributed by atoms with van der Waals surface area (Å²) in [6, 6.07) is 0. The lowest BCUT2D eigenvalue weighted by atomic mass is 10.0. The number of hydrogen-bond donors (Lipinski definition) is 1. The number of aliphatic hydroxyl groups excluding tert-OH is 1. The standard InChI is InChI=1S/C7H13BrO/c1-5(2)7(9)6(3)4-8/h5,7,9H,3-4H2,1-2H3/t7-/m0/s1. The summed E-state index contributed by atoms with van der Waals surface area (Å²) in [5, 5.41) is 9.95. The molecule has 0 aliphatic heterocycles. The first-order chi connectivity index (χ1) is 4.09. The number of aliphatic hydroxyl groups is 1. The largest absolute Gasteiger partial charge is 0.388 e. The zero-order valence-electron chi connectivity index (χ0n) is 5.89. The third-order valence-corrected chi connectivity index (χ3v) is 1.94. The molecule has 1 N–H and O–H groups in total. The first-order valence-corrected chi connectivity index (χ1v) is 4.13. The molecule has 9 heavy (non-hydrogen) atoms. The smallest absolute Gasteiger partial charge is 0.0778 e. The fourth-order valence-electron chi connectivity index (χ4n) is 0.550. The van der Waals surface area contributed by atoms with Crippen LogP contribution in [0.2, 0.25) is 0 Å². The van der Waals surface area contributed by atoms with Gasteiger partial charge in [0.15, 0.2) is 0 Å². The highest BCUT2D eigenvalue weighted by Gasteiger charge is 2.10. The van der Waals surface area contributed by atoms with Crippen LogP contribution in [0.4, 0.5) is 0 Å². The summed E-state index contributed by atoms with van der Waals surface area (Å²) in [7, 11) is 0. The van der Waals surface area contributed by atoms with Crippen molar-refractivity contribution in [2.45, 2.75) is 20.0 Å². The molecule has 1 atom stereocenters. The Bertz CT molecular complexity index is 99.1. The van der Waals surface area contributed by atoms with Gasteiger partial charge in [0.05, 0.1) is 6.10 Å². The van der Waals surface area contributed by atoms with Gasteiger partial charge in [0.1, 0.15) is 0 Å². The monoisotopic (exact) mass is 192 g/mol. The van der Waals surface area contributed by atoms with Crippen LogP contribution in [-0.2, 0) is 0 Å². The van der Waals surface area contributed by atoms with Crippen molar-refractivity contribution in [1.29, 1.82) is 0 Å². The van der Waals surface area contributed by atoms with Gasteiger partial charge in [-0.25, -0.2) is 0 Å². The zero-order chi connectivity index (χ0) is 7.44. The van der Waals surface area contributed by atoms with E-state index >= 15 is 0 Å². The summed E-state index contributed by atoms with van der Waals surface area (Å²) in [5.41, 5.74) is 0.852. The maximum absolute atomic E-state index is 9.27. The molecule has 0 radical (unpaired) electrons. The molecule has 0 aromatic rings. The predicted octanol–water partition coefficient (Wildman–Crippen LogP) is 1.95. The van der Waals surface area contributed by atoms with Crippen LogP contribution < -0.4 is 0 Å². The Morgan fingerprint density at radius 2 is 2.11 bits per heavy atom. The van der Waals surface area contributed by atoms with E-state index in [1.807, 2.05) is 13.8 Å². The van der Waals surface area contributed by atoms with Crippen molar-refractivity contribution >= 4 is 15.9 Å². The Balaban J connectivity index is 3.72. The normalized spacial score (nSPS) is 13.9. The quantitative estimate of drug-likeness (QED) is 0.536. The van der Waals surface area contributed by atoms with Crippen molar-refractivity contribution in [2.24, 2.45) is 5.92 Å². The van der Waals surface area contributed by atoms with Crippen molar-refractivity contribution < 1.29 is 5.11 Å². The van der Waals surface area contributed by atoms with Crippen LogP contribution in [0.15, 0.2) is 12.2 Å². The van der Waals surface area contributed by atoms with Gasteiger partial charge in [0.25, 0.3) is 0 Å². The van der Waals surface area contributed by atoms with Crippen molar-refractivity contribution in [2.75, 3.05) is 5.33 Å². The molecule has 0 saturated carbocycles. The average molecular weight is 193 g/mol. The fourth-order valence-corrected chi connectivity index (χ4v) is 0.882. The highest BCUT2D eigenvalue weighted by atomic mass is 79.9. The van der Waals surface area contributed by atoms with Gasteiger partial charge >= 0.3 is 0 Å². The third kappa shape index (κ3) is 3.01. The summed E-state index contributed by atoms with van der Waals surface area (Å²) in [4.78, 5) is 0. The lowest BCUT2D eigenvalue weighted by molar-refractivity contribution is 0.161. The van der Waals surface area contributed by atoms with Gasteiger partial charge in [0, 0.05) is 5.33 Å². The van der Waals surface area contributed by atoms with Crippen molar-refractivity contribution in [3.05, 3.63) is 12.2 Å². The van der Waals surface area contributed by atoms with Gasteiger partial charge < -0.3 is 5.11 Å². The Hall–Kier alpha value is 0.180. The Kier molecular flexibility index (Phi) is 4.15. The van der Waals surface area contributed by atoms with Gasteiger partial charge in [-0.05, 0) is 11.5 Å². The Morgan fingerprint density at radius 3 is 2.22 bits per heavy atom. The molecule has 0 rings (SSSR count). The molecule has 0 saturated heterocycles. The van der Waals surface area contributed by atoms with Crippen LogP contribution in [0.3, 0.4) is 0 Å². The van der Waals surface area contributed by atoms with Crippen LogP contribution in [-0.4, -0.2) is 16.5 Å². The van der Waals surface area contributed by atoms with Crippen molar-refractivity contribution in [3.63, 3.8) is 0 Å². The molecule has 0 amide bonds.